The van der Waals surface area contributed by atoms with Crippen LogP contribution in [0.15, 0.2) is 36.7 Å². The van der Waals surface area contributed by atoms with Crippen molar-refractivity contribution in [3.63, 3.8) is 0 Å². The number of nitrogen functional groups attached to an aromatic ring is 1. The number of anilines is 3. The van der Waals surface area contributed by atoms with Crippen molar-refractivity contribution in [2.45, 2.75) is 0 Å². The molecule has 0 saturated heterocycles. The molecule has 0 aliphatic rings. The molecule has 82 valence electrons. The lowest BCUT2D eigenvalue weighted by Crippen LogP contribution is -2.19. The van der Waals surface area contributed by atoms with Gasteiger partial charge < -0.3 is 16.4 Å². The van der Waals surface area contributed by atoms with Crippen LogP contribution in [0.25, 0.3) is 0 Å². The van der Waals surface area contributed by atoms with Crippen LogP contribution in [-0.2, 0) is 0 Å². The number of hydrogen-bond acceptors (Lipinski definition) is 3. The van der Waals surface area contributed by atoms with Crippen LogP contribution in [-0.4, -0.2) is 16.2 Å². The zero-order valence-corrected chi connectivity index (χ0v) is 8.40. The molecule has 0 spiro atoms. The summed E-state index contributed by atoms with van der Waals surface area (Å²) in [4.78, 5) is 11.5. The molecule has 1 aromatic carbocycles. The average Bonchev–Trinajstić information content (AvgIpc) is 2.70. The maximum Gasteiger partial charge on any atom is 0.323 e. The van der Waals surface area contributed by atoms with Gasteiger partial charge in [0, 0.05) is 17.6 Å². The summed E-state index contributed by atoms with van der Waals surface area (Å²) in [6, 6.07) is 6.61. The minimum atomic E-state index is -0.341. The minimum Gasteiger partial charge on any atom is -0.399 e. The van der Waals surface area contributed by atoms with Crippen LogP contribution < -0.4 is 16.4 Å². The van der Waals surface area contributed by atoms with Gasteiger partial charge in [-0.2, -0.15) is 5.10 Å². The molecule has 0 atom stereocenters. The van der Waals surface area contributed by atoms with Gasteiger partial charge in [-0.1, -0.05) is 6.07 Å². The Kier molecular flexibility index (Phi) is 2.73. The standard InChI is InChI=1S/C10H11N5O/c11-7-2-1-3-8(4-7)14-10(16)15-9-5-12-13-6-9/h1-6H,11H2,(H,12,13)(H2,14,15,16). The third kappa shape index (κ3) is 2.50. The van der Waals surface area contributed by atoms with Gasteiger partial charge >= 0.3 is 6.03 Å². The summed E-state index contributed by atoms with van der Waals surface area (Å²) in [6.07, 6.45) is 3.10. The number of nitrogens with zero attached hydrogens (tertiary/aromatic N) is 1. The number of aromatic nitrogens is 2. The molecule has 0 unspecified atom stereocenters. The fourth-order valence-electron chi connectivity index (χ4n) is 1.23. The Balaban J connectivity index is 1.97. The van der Waals surface area contributed by atoms with E-state index in [0.29, 0.717) is 17.1 Å². The number of urea groups is 1. The lowest BCUT2D eigenvalue weighted by atomic mass is 10.3. The molecule has 1 heterocycles. The smallest absolute Gasteiger partial charge is 0.323 e. The molecule has 1 aromatic heterocycles. The second-order valence-corrected chi connectivity index (χ2v) is 3.19. The van der Waals surface area contributed by atoms with E-state index in [1.165, 1.54) is 6.20 Å². The third-order valence-electron chi connectivity index (χ3n) is 1.90. The molecule has 2 amide bonds. The lowest BCUT2D eigenvalue weighted by Gasteiger charge is -2.05. The van der Waals surface area contributed by atoms with Crippen LogP contribution in [0.5, 0.6) is 0 Å². The first kappa shape index (κ1) is 10.0. The normalized spacial score (nSPS) is 9.75. The number of carbonyl (C=O) groups excluding carboxylic acids is 1. The SMILES string of the molecule is Nc1cccc(NC(=O)Nc2cn[nH]c2)c1. The highest BCUT2D eigenvalue weighted by Gasteiger charge is 2.02. The summed E-state index contributed by atoms with van der Waals surface area (Å²) >= 11 is 0. The van der Waals surface area contributed by atoms with Crippen molar-refractivity contribution in [2.75, 3.05) is 16.4 Å². The van der Waals surface area contributed by atoms with E-state index in [9.17, 15) is 4.79 Å². The molecule has 0 radical (unpaired) electrons. The first-order valence-electron chi connectivity index (χ1n) is 4.66. The number of hydrogen-bond donors (Lipinski definition) is 4. The second-order valence-electron chi connectivity index (χ2n) is 3.19. The van der Waals surface area contributed by atoms with Gasteiger partial charge in [0.05, 0.1) is 11.9 Å². The fourth-order valence-corrected chi connectivity index (χ4v) is 1.23. The Bertz CT molecular complexity index is 480. The number of nitrogens with one attached hydrogen (secondary N) is 3. The Morgan fingerprint density at radius 3 is 2.81 bits per heavy atom. The van der Waals surface area contributed by atoms with Crippen molar-refractivity contribution >= 4 is 23.1 Å². The fraction of sp³-hybridized carbons (Fsp3) is 0. The molecule has 2 rings (SSSR count). The van der Waals surface area contributed by atoms with Gasteiger partial charge in [0.1, 0.15) is 0 Å². The van der Waals surface area contributed by atoms with E-state index in [-0.39, 0.29) is 6.03 Å². The molecule has 0 aliphatic carbocycles. The Labute approximate surface area is 91.9 Å². The summed E-state index contributed by atoms with van der Waals surface area (Å²) in [5.41, 5.74) is 7.42. The van der Waals surface area contributed by atoms with Crippen molar-refractivity contribution in [3.8, 4) is 0 Å². The maximum atomic E-state index is 11.5. The van der Waals surface area contributed by atoms with Gasteiger partial charge in [0.2, 0.25) is 0 Å². The molecule has 0 saturated carbocycles. The van der Waals surface area contributed by atoms with Crippen LogP contribution in [0.3, 0.4) is 0 Å². The van der Waals surface area contributed by atoms with Gasteiger partial charge in [-0.05, 0) is 18.2 Å². The topological polar surface area (TPSA) is 95.8 Å². The van der Waals surface area contributed by atoms with Crippen LogP contribution in [0.4, 0.5) is 21.9 Å². The molecular formula is C10H11N5O. The molecular weight excluding hydrogens is 206 g/mol. The number of carbonyl (C=O) groups is 1. The lowest BCUT2D eigenvalue weighted by molar-refractivity contribution is 0.262. The van der Waals surface area contributed by atoms with E-state index in [1.807, 2.05) is 0 Å². The zero-order valence-electron chi connectivity index (χ0n) is 8.40. The zero-order chi connectivity index (χ0) is 11.4. The number of H-pyrrole nitrogens is 1. The summed E-state index contributed by atoms with van der Waals surface area (Å²) in [5.74, 6) is 0. The first-order chi connectivity index (χ1) is 7.74. The highest BCUT2D eigenvalue weighted by atomic mass is 16.2. The minimum absolute atomic E-state index is 0.341. The molecule has 0 aliphatic heterocycles. The van der Waals surface area contributed by atoms with Gasteiger partial charge in [-0.15, -0.1) is 0 Å². The van der Waals surface area contributed by atoms with E-state index in [0.717, 1.165) is 0 Å². The maximum absolute atomic E-state index is 11.5. The Morgan fingerprint density at radius 2 is 2.12 bits per heavy atom. The van der Waals surface area contributed by atoms with Gasteiger partial charge in [-0.25, -0.2) is 4.79 Å². The van der Waals surface area contributed by atoms with Crippen molar-refractivity contribution in [3.05, 3.63) is 36.7 Å². The van der Waals surface area contributed by atoms with E-state index in [1.54, 1.807) is 30.5 Å². The molecule has 0 fully saturated rings. The molecule has 5 N–H and O–H groups in total. The second kappa shape index (κ2) is 4.35. The van der Waals surface area contributed by atoms with Gasteiger partial charge in [-0.3, -0.25) is 5.10 Å². The van der Waals surface area contributed by atoms with E-state index < -0.39 is 0 Å². The van der Waals surface area contributed by atoms with Crippen LogP contribution in [0.1, 0.15) is 0 Å². The molecule has 2 aromatic rings. The van der Waals surface area contributed by atoms with Crippen LogP contribution in [0.2, 0.25) is 0 Å². The number of rotatable bonds is 2. The monoisotopic (exact) mass is 217 g/mol. The first-order valence-corrected chi connectivity index (χ1v) is 4.66. The predicted molar refractivity (Wildman–Crippen MR) is 62.1 cm³/mol. The van der Waals surface area contributed by atoms with Crippen LogP contribution >= 0.6 is 0 Å². The molecule has 6 nitrogen and oxygen atoms in total. The molecule has 6 heteroatoms. The molecule has 0 bridgehead atoms. The van der Waals surface area contributed by atoms with Crippen molar-refractivity contribution in [2.24, 2.45) is 0 Å². The van der Waals surface area contributed by atoms with Crippen LogP contribution in [0, 0.1) is 0 Å². The summed E-state index contributed by atoms with van der Waals surface area (Å²) < 4.78 is 0. The summed E-state index contributed by atoms with van der Waals surface area (Å²) in [6.45, 7) is 0. The Hall–Kier alpha value is -2.50. The third-order valence-corrected chi connectivity index (χ3v) is 1.90. The number of aromatic amines is 1. The van der Waals surface area contributed by atoms with E-state index >= 15 is 0 Å². The van der Waals surface area contributed by atoms with Crippen molar-refractivity contribution in [1.82, 2.24) is 10.2 Å². The summed E-state index contributed by atoms with van der Waals surface area (Å²) in [5, 5.41) is 11.6. The van der Waals surface area contributed by atoms with Gasteiger partial charge in [0.15, 0.2) is 0 Å². The number of amides is 2. The number of nitrogens with two attached hydrogens (primary N) is 1. The molecule has 16 heavy (non-hydrogen) atoms. The predicted octanol–water partition coefficient (Wildman–Crippen LogP) is 1.64. The Morgan fingerprint density at radius 1 is 1.31 bits per heavy atom. The van der Waals surface area contributed by atoms with E-state index in [4.69, 9.17) is 5.73 Å². The average molecular weight is 217 g/mol. The van der Waals surface area contributed by atoms with Gasteiger partial charge in [0.25, 0.3) is 0 Å². The van der Waals surface area contributed by atoms with Crippen molar-refractivity contribution in [1.29, 1.82) is 0 Å². The largest absolute Gasteiger partial charge is 0.399 e. The summed E-state index contributed by atoms with van der Waals surface area (Å²) in [7, 11) is 0. The highest BCUT2D eigenvalue weighted by molar-refractivity contribution is 5.99. The van der Waals surface area contributed by atoms with Crippen molar-refractivity contribution < 1.29 is 4.79 Å². The number of benzene rings is 1. The van der Waals surface area contributed by atoms with E-state index in [2.05, 4.69) is 20.8 Å². The quantitative estimate of drug-likeness (QED) is 0.576. The highest BCUT2D eigenvalue weighted by Crippen LogP contribution is 2.12.